The molecule has 0 aliphatic carbocycles. The zero-order valence-electron chi connectivity index (χ0n) is 13.0. The first kappa shape index (κ1) is 15.0. The van der Waals surface area contributed by atoms with E-state index in [0.29, 0.717) is 17.3 Å². The van der Waals surface area contributed by atoms with Crippen molar-refractivity contribution in [2.24, 2.45) is 0 Å². The molecule has 1 aromatic heterocycles. The van der Waals surface area contributed by atoms with Gasteiger partial charge in [0.05, 0.1) is 0 Å². The summed E-state index contributed by atoms with van der Waals surface area (Å²) in [5.41, 5.74) is 2.61. The highest BCUT2D eigenvalue weighted by molar-refractivity contribution is 5.94. The third kappa shape index (κ3) is 3.45. The molecular weight excluding hydrogens is 290 g/mol. The molecule has 2 aromatic carbocycles. The van der Waals surface area contributed by atoms with E-state index in [1.54, 1.807) is 12.1 Å². The highest BCUT2D eigenvalue weighted by atomic mass is 16.5. The molecule has 0 spiro atoms. The van der Waals surface area contributed by atoms with Crippen molar-refractivity contribution in [2.75, 3.05) is 0 Å². The van der Waals surface area contributed by atoms with Crippen LogP contribution in [0.1, 0.15) is 34.8 Å². The van der Waals surface area contributed by atoms with Crippen molar-refractivity contribution in [3.63, 3.8) is 0 Å². The van der Waals surface area contributed by atoms with Gasteiger partial charge in [0.2, 0.25) is 11.7 Å². The molecule has 0 saturated heterocycles. The smallest absolute Gasteiger partial charge is 0.251 e. The standard InChI is InChI=1S/C18H17N3O2/c1-12-7-6-10-15(11-12)16-20-18(23-21-16)13(2)19-17(22)14-8-4-3-5-9-14/h3-11,13H,1-2H3,(H,19,22). The second-order valence-electron chi connectivity index (χ2n) is 5.39. The second-order valence-corrected chi connectivity index (χ2v) is 5.39. The van der Waals surface area contributed by atoms with Gasteiger partial charge in [0, 0.05) is 11.1 Å². The van der Waals surface area contributed by atoms with Gasteiger partial charge in [0.15, 0.2) is 0 Å². The number of amides is 1. The van der Waals surface area contributed by atoms with E-state index < -0.39 is 0 Å². The molecule has 1 amide bonds. The summed E-state index contributed by atoms with van der Waals surface area (Å²) >= 11 is 0. The monoisotopic (exact) mass is 307 g/mol. The van der Waals surface area contributed by atoms with E-state index in [9.17, 15) is 4.79 Å². The van der Waals surface area contributed by atoms with Gasteiger partial charge in [0.25, 0.3) is 5.91 Å². The summed E-state index contributed by atoms with van der Waals surface area (Å²) in [5.74, 6) is 0.726. The topological polar surface area (TPSA) is 68.0 Å². The summed E-state index contributed by atoms with van der Waals surface area (Å²) in [7, 11) is 0. The maximum atomic E-state index is 12.1. The van der Waals surface area contributed by atoms with Gasteiger partial charge in [-0.2, -0.15) is 4.98 Å². The molecule has 0 fully saturated rings. The van der Waals surface area contributed by atoms with Crippen LogP contribution >= 0.6 is 0 Å². The Morgan fingerprint density at radius 3 is 2.65 bits per heavy atom. The van der Waals surface area contributed by atoms with Crippen molar-refractivity contribution in [2.45, 2.75) is 19.9 Å². The fraction of sp³-hybridized carbons (Fsp3) is 0.167. The van der Waals surface area contributed by atoms with Crippen molar-refractivity contribution in [1.29, 1.82) is 0 Å². The van der Waals surface area contributed by atoms with Gasteiger partial charge < -0.3 is 9.84 Å². The first-order valence-corrected chi connectivity index (χ1v) is 7.40. The maximum absolute atomic E-state index is 12.1. The lowest BCUT2D eigenvalue weighted by Crippen LogP contribution is -2.26. The average molecular weight is 307 g/mol. The van der Waals surface area contributed by atoms with Crippen LogP contribution in [0, 0.1) is 6.92 Å². The van der Waals surface area contributed by atoms with Crippen molar-refractivity contribution in [1.82, 2.24) is 15.5 Å². The van der Waals surface area contributed by atoms with Crippen molar-refractivity contribution in [3.8, 4) is 11.4 Å². The Morgan fingerprint density at radius 1 is 1.13 bits per heavy atom. The van der Waals surface area contributed by atoms with E-state index in [2.05, 4.69) is 15.5 Å². The maximum Gasteiger partial charge on any atom is 0.251 e. The second kappa shape index (κ2) is 6.44. The number of hydrogen-bond acceptors (Lipinski definition) is 4. The van der Waals surface area contributed by atoms with E-state index in [1.165, 1.54) is 0 Å². The molecule has 0 saturated carbocycles. The number of hydrogen-bond donors (Lipinski definition) is 1. The summed E-state index contributed by atoms with van der Waals surface area (Å²) in [6.07, 6.45) is 0. The Bertz CT molecular complexity index is 812. The molecule has 116 valence electrons. The third-order valence-corrected chi connectivity index (χ3v) is 3.47. The van der Waals surface area contributed by atoms with Crippen LogP contribution in [-0.4, -0.2) is 16.0 Å². The Kier molecular flexibility index (Phi) is 4.19. The molecule has 1 heterocycles. The van der Waals surface area contributed by atoms with Crippen molar-refractivity contribution >= 4 is 5.91 Å². The van der Waals surface area contributed by atoms with Crippen LogP contribution in [0.25, 0.3) is 11.4 Å². The number of carbonyl (C=O) groups is 1. The van der Waals surface area contributed by atoms with Crippen LogP contribution in [0.3, 0.4) is 0 Å². The molecule has 23 heavy (non-hydrogen) atoms. The molecule has 1 unspecified atom stereocenters. The predicted octanol–water partition coefficient (Wildman–Crippen LogP) is 3.54. The number of carbonyl (C=O) groups excluding carboxylic acids is 1. The van der Waals surface area contributed by atoms with Gasteiger partial charge in [-0.25, -0.2) is 0 Å². The normalized spacial score (nSPS) is 11.9. The molecule has 3 rings (SSSR count). The van der Waals surface area contributed by atoms with Crippen LogP contribution in [-0.2, 0) is 0 Å². The van der Waals surface area contributed by atoms with Crippen LogP contribution < -0.4 is 5.32 Å². The lowest BCUT2D eigenvalue weighted by atomic mass is 10.1. The molecule has 5 nitrogen and oxygen atoms in total. The Balaban J connectivity index is 1.74. The number of benzene rings is 2. The Morgan fingerprint density at radius 2 is 1.91 bits per heavy atom. The number of aryl methyl sites for hydroxylation is 1. The van der Waals surface area contributed by atoms with Crippen LogP contribution in [0.2, 0.25) is 0 Å². The summed E-state index contributed by atoms with van der Waals surface area (Å²) in [6, 6.07) is 16.5. The van der Waals surface area contributed by atoms with E-state index in [0.717, 1.165) is 11.1 Å². The lowest BCUT2D eigenvalue weighted by Gasteiger charge is -2.09. The fourth-order valence-electron chi connectivity index (χ4n) is 2.24. The van der Waals surface area contributed by atoms with Crippen LogP contribution in [0.15, 0.2) is 59.1 Å². The van der Waals surface area contributed by atoms with Gasteiger partial charge in [0.1, 0.15) is 6.04 Å². The van der Waals surface area contributed by atoms with Crippen molar-refractivity contribution in [3.05, 3.63) is 71.6 Å². The van der Waals surface area contributed by atoms with E-state index in [4.69, 9.17) is 4.52 Å². The largest absolute Gasteiger partial charge is 0.341 e. The van der Waals surface area contributed by atoms with E-state index in [1.807, 2.05) is 56.3 Å². The zero-order valence-corrected chi connectivity index (χ0v) is 13.0. The highest BCUT2D eigenvalue weighted by Crippen LogP contribution is 2.19. The van der Waals surface area contributed by atoms with Gasteiger partial charge >= 0.3 is 0 Å². The number of nitrogens with one attached hydrogen (secondary N) is 1. The van der Waals surface area contributed by atoms with Gasteiger partial charge in [-0.3, -0.25) is 4.79 Å². The Hall–Kier alpha value is -2.95. The van der Waals surface area contributed by atoms with E-state index >= 15 is 0 Å². The molecular formula is C18H17N3O2. The quantitative estimate of drug-likeness (QED) is 0.800. The molecule has 5 heteroatoms. The van der Waals surface area contributed by atoms with Crippen molar-refractivity contribution < 1.29 is 9.32 Å². The lowest BCUT2D eigenvalue weighted by molar-refractivity contribution is 0.0932. The SMILES string of the molecule is Cc1cccc(-c2noc(C(C)NC(=O)c3ccccc3)n2)c1. The molecule has 1 N–H and O–H groups in total. The summed E-state index contributed by atoms with van der Waals surface area (Å²) in [6.45, 7) is 3.82. The van der Waals surface area contributed by atoms with Gasteiger partial charge in [-0.1, -0.05) is 47.1 Å². The average Bonchev–Trinajstić information content (AvgIpc) is 3.06. The molecule has 0 radical (unpaired) electrons. The molecule has 1 atom stereocenters. The highest BCUT2D eigenvalue weighted by Gasteiger charge is 2.18. The van der Waals surface area contributed by atoms with Crippen LogP contribution in [0.5, 0.6) is 0 Å². The Labute approximate surface area is 134 Å². The third-order valence-electron chi connectivity index (χ3n) is 3.47. The predicted molar refractivity (Wildman–Crippen MR) is 86.8 cm³/mol. The number of aromatic nitrogens is 2. The van der Waals surface area contributed by atoms with Gasteiger partial charge in [-0.05, 0) is 32.0 Å². The minimum Gasteiger partial charge on any atom is -0.341 e. The first-order chi connectivity index (χ1) is 11.1. The van der Waals surface area contributed by atoms with Crippen LogP contribution in [0.4, 0.5) is 0 Å². The van der Waals surface area contributed by atoms with Gasteiger partial charge in [-0.15, -0.1) is 0 Å². The zero-order chi connectivity index (χ0) is 16.2. The minimum atomic E-state index is -0.367. The summed E-state index contributed by atoms with van der Waals surface area (Å²) in [4.78, 5) is 16.5. The first-order valence-electron chi connectivity index (χ1n) is 7.40. The molecule has 0 bridgehead atoms. The molecule has 0 aliphatic rings. The van der Waals surface area contributed by atoms with E-state index in [-0.39, 0.29) is 11.9 Å². The molecule has 0 aliphatic heterocycles. The molecule has 3 aromatic rings. The minimum absolute atomic E-state index is 0.173. The number of nitrogens with zero attached hydrogens (tertiary/aromatic N) is 2. The summed E-state index contributed by atoms with van der Waals surface area (Å²) in [5, 5.41) is 6.84. The summed E-state index contributed by atoms with van der Waals surface area (Å²) < 4.78 is 5.28. The fourth-order valence-corrected chi connectivity index (χ4v) is 2.24. The number of rotatable bonds is 4.